The second-order valence-corrected chi connectivity index (χ2v) is 6.67. The molecule has 0 heterocycles. The van der Waals surface area contributed by atoms with Gasteiger partial charge in [0.1, 0.15) is 6.29 Å². The fourth-order valence-electron chi connectivity index (χ4n) is 1.01. The van der Waals surface area contributed by atoms with Crippen LogP contribution >= 0.6 is 11.8 Å². The Bertz CT molecular complexity index is 434. The third-order valence-corrected chi connectivity index (χ3v) is 3.92. The van der Waals surface area contributed by atoms with Crippen molar-refractivity contribution >= 4 is 27.9 Å². The highest BCUT2D eigenvalue weighted by molar-refractivity contribution is 8.00. The van der Waals surface area contributed by atoms with Gasteiger partial charge in [0.25, 0.3) is 0 Å². The first-order valence-electron chi connectivity index (χ1n) is 4.35. The maximum atomic E-state index is 11.2. The third-order valence-electron chi connectivity index (χ3n) is 1.77. The summed E-state index contributed by atoms with van der Waals surface area (Å²) in [5, 5.41) is -0.117. The Morgan fingerprint density at radius 1 is 1.27 bits per heavy atom. The van der Waals surface area contributed by atoms with Crippen LogP contribution in [0.15, 0.2) is 34.1 Å². The largest absolute Gasteiger partial charge is 0.302 e. The number of sulfone groups is 1. The lowest BCUT2D eigenvalue weighted by Crippen LogP contribution is -1.98. The van der Waals surface area contributed by atoms with Crippen LogP contribution < -0.4 is 0 Å². The molecule has 15 heavy (non-hydrogen) atoms. The molecule has 0 spiro atoms. The average molecular weight is 244 g/mol. The van der Waals surface area contributed by atoms with E-state index in [1.165, 1.54) is 18.0 Å². The van der Waals surface area contributed by atoms with Crippen molar-refractivity contribution in [3.8, 4) is 0 Å². The Kier molecular flexibility index (Phi) is 3.93. The van der Waals surface area contributed by atoms with Gasteiger partial charge in [0.05, 0.1) is 10.1 Å². The fourth-order valence-corrected chi connectivity index (χ4v) is 2.42. The number of carbonyl (C=O) groups is 1. The Hall–Kier alpha value is -0.810. The Morgan fingerprint density at radius 2 is 1.80 bits per heavy atom. The maximum Gasteiger partial charge on any atom is 0.175 e. The van der Waals surface area contributed by atoms with Crippen LogP contribution in [0.25, 0.3) is 0 Å². The minimum absolute atomic E-state index is 0.117. The number of hydrogen-bond acceptors (Lipinski definition) is 4. The molecular formula is C10H12O3S2. The third kappa shape index (κ3) is 3.68. The van der Waals surface area contributed by atoms with E-state index in [1.807, 2.05) is 0 Å². The topological polar surface area (TPSA) is 51.2 Å². The molecule has 0 fully saturated rings. The zero-order valence-electron chi connectivity index (χ0n) is 8.51. The van der Waals surface area contributed by atoms with Gasteiger partial charge in [-0.15, -0.1) is 11.8 Å². The van der Waals surface area contributed by atoms with Gasteiger partial charge in [-0.3, -0.25) is 0 Å². The van der Waals surface area contributed by atoms with Crippen molar-refractivity contribution in [2.45, 2.75) is 22.0 Å². The second kappa shape index (κ2) is 4.81. The summed E-state index contributed by atoms with van der Waals surface area (Å²) in [6.45, 7) is 1.79. The molecule has 0 aromatic heterocycles. The number of benzene rings is 1. The Morgan fingerprint density at radius 3 is 2.20 bits per heavy atom. The van der Waals surface area contributed by atoms with E-state index in [0.29, 0.717) is 4.90 Å². The van der Waals surface area contributed by atoms with Crippen molar-refractivity contribution < 1.29 is 13.2 Å². The molecular weight excluding hydrogens is 232 g/mol. The number of hydrogen-bond donors (Lipinski definition) is 0. The van der Waals surface area contributed by atoms with Crippen LogP contribution in [0.1, 0.15) is 6.92 Å². The van der Waals surface area contributed by atoms with Crippen LogP contribution in [-0.4, -0.2) is 26.2 Å². The minimum Gasteiger partial charge on any atom is -0.302 e. The smallest absolute Gasteiger partial charge is 0.175 e. The predicted molar refractivity (Wildman–Crippen MR) is 60.9 cm³/mol. The molecule has 1 unspecified atom stereocenters. The molecule has 0 saturated carbocycles. The van der Waals surface area contributed by atoms with E-state index in [-0.39, 0.29) is 5.25 Å². The van der Waals surface area contributed by atoms with Crippen LogP contribution in [0.2, 0.25) is 0 Å². The van der Waals surface area contributed by atoms with Crippen LogP contribution in [0, 0.1) is 0 Å². The van der Waals surface area contributed by atoms with Crippen molar-refractivity contribution in [3.05, 3.63) is 24.3 Å². The van der Waals surface area contributed by atoms with E-state index < -0.39 is 9.84 Å². The van der Waals surface area contributed by atoms with Gasteiger partial charge in [0, 0.05) is 11.2 Å². The van der Waals surface area contributed by atoms with E-state index >= 15 is 0 Å². The van der Waals surface area contributed by atoms with E-state index in [1.54, 1.807) is 31.2 Å². The normalized spacial score (nSPS) is 13.5. The summed E-state index contributed by atoms with van der Waals surface area (Å²) in [7, 11) is -3.13. The summed E-state index contributed by atoms with van der Waals surface area (Å²) in [6.07, 6.45) is 2.03. The second-order valence-electron chi connectivity index (χ2n) is 3.20. The van der Waals surface area contributed by atoms with E-state index in [0.717, 1.165) is 11.2 Å². The summed E-state index contributed by atoms with van der Waals surface area (Å²) in [4.78, 5) is 11.6. The van der Waals surface area contributed by atoms with Crippen molar-refractivity contribution in [3.63, 3.8) is 0 Å². The van der Waals surface area contributed by atoms with Gasteiger partial charge in [0.2, 0.25) is 0 Å². The molecule has 5 heteroatoms. The summed E-state index contributed by atoms with van der Waals surface area (Å²) >= 11 is 1.40. The lowest BCUT2D eigenvalue weighted by atomic mass is 10.4. The molecule has 1 aromatic carbocycles. The van der Waals surface area contributed by atoms with Crippen molar-refractivity contribution in [1.82, 2.24) is 0 Å². The quantitative estimate of drug-likeness (QED) is 0.598. The van der Waals surface area contributed by atoms with E-state index in [2.05, 4.69) is 0 Å². The molecule has 0 N–H and O–H groups in total. The average Bonchev–Trinajstić information content (AvgIpc) is 2.17. The molecule has 0 radical (unpaired) electrons. The van der Waals surface area contributed by atoms with Gasteiger partial charge in [-0.2, -0.15) is 0 Å². The lowest BCUT2D eigenvalue weighted by molar-refractivity contribution is -0.107. The Balaban J connectivity index is 2.86. The van der Waals surface area contributed by atoms with E-state index in [4.69, 9.17) is 0 Å². The van der Waals surface area contributed by atoms with Crippen LogP contribution in [0.4, 0.5) is 0 Å². The first-order chi connectivity index (χ1) is 6.93. The molecule has 3 nitrogen and oxygen atoms in total. The van der Waals surface area contributed by atoms with Crippen LogP contribution in [0.5, 0.6) is 0 Å². The number of carbonyl (C=O) groups excluding carboxylic acids is 1. The van der Waals surface area contributed by atoms with Crippen molar-refractivity contribution in [2.24, 2.45) is 0 Å². The molecule has 0 amide bonds. The number of rotatable bonds is 4. The summed E-state index contributed by atoms with van der Waals surface area (Å²) in [5.41, 5.74) is 0. The Labute approximate surface area is 93.8 Å². The number of thioether (sulfide) groups is 1. The molecule has 0 aliphatic carbocycles. The SMILES string of the molecule is CC(C=O)Sc1ccc(S(C)(=O)=O)cc1. The highest BCUT2D eigenvalue weighted by atomic mass is 32.2. The molecule has 82 valence electrons. The van der Waals surface area contributed by atoms with Crippen LogP contribution in [-0.2, 0) is 14.6 Å². The standard InChI is InChI=1S/C10H12O3S2/c1-8(7-11)14-9-3-5-10(6-4-9)15(2,12)13/h3-8H,1-2H3. The molecule has 0 saturated heterocycles. The van der Waals surface area contributed by atoms with Crippen molar-refractivity contribution in [2.75, 3.05) is 6.26 Å². The van der Waals surface area contributed by atoms with E-state index in [9.17, 15) is 13.2 Å². The lowest BCUT2D eigenvalue weighted by Gasteiger charge is -2.04. The monoisotopic (exact) mass is 244 g/mol. The molecule has 1 aromatic rings. The molecule has 1 rings (SSSR count). The molecule has 0 bridgehead atoms. The highest BCUT2D eigenvalue weighted by Crippen LogP contribution is 2.23. The number of aldehydes is 1. The highest BCUT2D eigenvalue weighted by Gasteiger charge is 2.07. The first-order valence-corrected chi connectivity index (χ1v) is 7.12. The molecule has 1 atom stereocenters. The summed E-state index contributed by atoms with van der Waals surface area (Å²) in [5.74, 6) is 0. The van der Waals surface area contributed by atoms with Crippen LogP contribution in [0.3, 0.4) is 0 Å². The predicted octanol–water partition coefficient (Wildman–Crippen LogP) is 1.77. The van der Waals surface area contributed by atoms with Gasteiger partial charge in [-0.25, -0.2) is 8.42 Å². The maximum absolute atomic E-state index is 11.2. The van der Waals surface area contributed by atoms with Gasteiger partial charge in [-0.05, 0) is 31.2 Å². The van der Waals surface area contributed by atoms with Gasteiger partial charge >= 0.3 is 0 Å². The molecule has 0 aliphatic heterocycles. The molecule has 0 aliphatic rings. The zero-order chi connectivity index (χ0) is 11.5. The minimum atomic E-state index is -3.13. The first kappa shape index (κ1) is 12.3. The zero-order valence-corrected chi connectivity index (χ0v) is 10.1. The van der Waals surface area contributed by atoms with Crippen molar-refractivity contribution in [1.29, 1.82) is 0 Å². The van der Waals surface area contributed by atoms with Gasteiger partial charge in [0.15, 0.2) is 9.84 Å². The van der Waals surface area contributed by atoms with Gasteiger partial charge in [-0.1, -0.05) is 0 Å². The summed E-state index contributed by atoms with van der Waals surface area (Å²) in [6, 6.07) is 6.52. The fraction of sp³-hybridized carbons (Fsp3) is 0.300. The van der Waals surface area contributed by atoms with Gasteiger partial charge < -0.3 is 4.79 Å². The summed E-state index contributed by atoms with van der Waals surface area (Å²) < 4.78 is 22.3.